The van der Waals surface area contributed by atoms with E-state index in [4.69, 9.17) is 4.74 Å². The van der Waals surface area contributed by atoms with E-state index >= 15 is 0 Å². The summed E-state index contributed by atoms with van der Waals surface area (Å²) in [5.74, 6) is -2.22. The predicted molar refractivity (Wildman–Crippen MR) is 92.5 cm³/mol. The van der Waals surface area contributed by atoms with Crippen LogP contribution in [0.1, 0.15) is 17.5 Å². The topological polar surface area (TPSA) is 75.6 Å². The lowest BCUT2D eigenvalue weighted by atomic mass is 9.96. The minimum atomic E-state index is -4.53. The Morgan fingerprint density at radius 3 is 2.37 bits per heavy atom. The van der Waals surface area contributed by atoms with Gasteiger partial charge in [0.25, 0.3) is 0 Å². The van der Waals surface area contributed by atoms with Gasteiger partial charge in [-0.1, -0.05) is 18.2 Å². The lowest BCUT2D eigenvalue weighted by Crippen LogP contribution is -2.24. The van der Waals surface area contributed by atoms with Gasteiger partial charge in [0.05, 0.1) is 18.6 Å². The number of carbonyl (C=O) groups excluding carboxylic acids is 1. The van der Waals surface area contributed by atoms with Crippen molar-refractivity contribution in [1.82, 2.24) is 0 Å². The fraction of sp³-hybridized carbons (Fsp3) is 0.263. The highest BCUT2D eigenvalue weighted by atomic mass is 19.4. The molecule has 0 aromatic heterocycles. The molecule has 0 aliphatic heterocycles. The number of carboxylic acid groups (broad SMARTS) is 1. The number of benzene rings is 2. The number of ether oxygens (including phenoxy) is 1. The SMILES string of the molecule is COc1ccc(C[C@@H](CC(=O)Nc2cccc(C(F)(F)F)c2)C(=O)O)cc1. The summed E-state index contributed by atoms with van der Waals surface area (Å²) in [4.78, 5) is 23.6. The van der Waals surface area contributed by atoms with E-state index in [-0.39, 0.29) is 18.5 Å². The number of rotatable bonds is 7. The van der Waals surface area contributed by atoms with Gasteiger partial charge < -0.3 is 15.2 Å². The minimum Gasteiger partial charge on any atom is -0.497 e. The van der Waals surface area contributed by atoms with Crippen molar-refractivity contribution in [2.45, 2.75) is 19.0 Å². The van der Waals surface area contributed by atoms with Crippen molar-refractivity contribution in [3.05, 3.63) is 59.7 Å². The third-order valence-electron chi connectivity index (χ3n) is 3.90. The first-order valence-electron chi connectivity index (χ1n) is 8.02. The number of nitrogens with one attached hydrogen (secondary N) is 1. The highest BCUT2D eigenvalue weighted by Gasteiger charge is 2.30. The molecule has 2 rings (SSSR count). The lowest BCUT2D eigenvalue weighted by Gasteiger charge is -2.14. The fourth-order valence-corrected chi connectivity index (χ4v) is 2.50. The predicted octanol–water partition coefficient (Wildman–Crippen LogP) is 3.99. The summed E-state index contributed by atoms with van der Waals surface area (Å²) in [6, 6.07) is 10.9. The van der Waals surface area contributed by atoms with Crippen LogP contribution in [0.2, 0.25) is 0 Å². The Morgan fingerprint density at radius 2 is 1.81 bits per heavy atom. The van der Waals surface area contributed by atoms with Crippen LogP contribution >= 0.6 is 0 Å². The summed E-state index contributed by atoms with van der Waals surface area (Å²) < 4.78 is 43.2. The Labute approximate surface area is 153 Å². The average molecular weight is 381 g/mol. The Morgan fingerprint density at radius 1 is 1.15 bits per heavy atom. The third kappa shape index (κ3) is 6.02. The molecule has 0 aliphatic carbocycles. The summed E-state index contributed by atoms with van der Waals surface area (Å²) in [7, 11) is 1.51. The van der Waals surface area contributed by atoms with Gasteiger partial charge in [-0.25, -0.2) is 0 Å². The number of halogens is 3. The van der Waals surface area contributed by atoms with Crippen molar-refractivity contribution < 1.29 is 32.6 Å². The van der Waals surface area contributed by atoms with E-state index in [0.717, 1.165) is 12.1 Å². The van der Waals surface area contributed by atoms with E-state index in [9.17, 15) is 27.9 Å². The van der Waals surface area contributed by atoms with Crippen LogP contribution < -0.4 is 10.1 Å². The number of hydrogen-bond donors (Lipinski definition) is 2. The molecule has 0 saturated heterocycles. The molecule has 0 bridgehead atoms. The van der Waals surface area contributed by atoms with Crippen LogP contribution in [0.25, 0.3) is 0 Å². The van der Waals surface area contributed by atoms with Crippen LogP contribution in [-0.2, 0) is 22.2 Å². The van der Waals surface area contributed by atoms with Crippen LogP contribution in [0.5, 0.6) is 5.75 Å². The Kier molecular flexibility index (Phi) is 6.44. The van der Waals surface area contributed by atoms with Crippen molar-refractivity contribution >= 4 is 17.6 Å². The molecule has 1 atom stereocenters. The molecule has 0 aliphatic rings. The molecule has 0 fully saturated rings. The molecule has 2 aromatic rings. The number of carboxylic acids is 1. The van der Waals surface area contributed by atoms with E-state index in [2.05, 4.69) is 5.32 Å². The molecule has 27 heavy (non-hydrogen) atoms. The largest absolute Gasteiger partial charge is 0.497 e. The molecule has 1 amide bonds. The van der Waals surface area contributed by atoms with Crippen molar-refractivity contribution in [3.63, 3.8) is 0 Å². The van der Waals surface area contributed by atoms with Crippen LogP contribution in [0.3, 0.4) is 0 Å². The summed E-state index contributed by atoms with van der Waals surface area (Å²) >= 11 is 0. The second-order valence-corrected chi connectivity index (χ2v) is 5.92. The first kappa shape index (κ1) is 20.3. The maximum atomic E-state index is 12.7. The maximum absolute atomic E-state index is 12.7. The van der Waals surface area contributed by atoms with Gasteiger partial charge in [-0.2, -0.15) is 13.2 Å². The zero-order valence-electron chi connectivity index (χ0n) is 14.4. The van der Waals surface area contributed by atoms with Crippen molar-refractivity contribution in [1.29, 1.82) is 0 Å². The number of methoxy groups -OCH3 is 1. The maximum Gasteiger partial charge on any atom is 0.416 e. The van der Waals surface area contributed by atoms with Gasteiger partial charge in [-0.3, -0.25) is 9.59 Å². The Balaban J connectivity index is 2.03. The number of anilines is 1. The van der Waals surface area contributed by atoms with Gasteiger partial charge in [0, 0.05) is 12.1 Å². The zero-order chi connectivity index (χ0) is 20.0. The van der Waals surface area contributed by atoms with Gasteiger partial charge in [0.1, 0.15) is 5.75 Å². The van der Waals surface area contributed by atoms with Gasteiger partial charge in [0.2, 0.25) is 5.91 Å². The van der Waals surface area contributed by atoms with E-state index < -0.39 is 29.5 Å². The fourth-order valence-electron chi connectivity index (χ4n) is 2.50. The molecule has 2 N–H and O–H groups in total. The highest BCUT2D eigenvalue weighted by Crippen LogP contribution is 2.30. The molecule has 2 aromatic carbocycles. The molecule has 0 radical (unpaired) electrons. The quantitative estimate of drug-likeness (QED) is 0.761. The van der Waals surface area contributed by atoms with Gasteiger partial charge in [-0.05, 0) is 42.3 Å². The van der Waals surface area contributed by atoms with Crippen LogP contribution in [0.15, 0.2) is 48.5 Å². The number of amides is 1. The number of carbonyl (C=O) groups is 2. The molecule has 0 spiro atoms. The van der Waals surface area contributed by atoms with Crippen molar-refractivity contribution in [3.8, 4) is 5.75 Å². The van der Waals surface area contributed by atoms with Crippen LogP contribution in [-0.4, -0.2) is 24.1 Å². The number of alkyl halides is 3. The molecule has 0 unspecified atom stereocenters. The molecule has 8 heteroatoms. The summed E-state index contributed by atoms with van der Waals surface area (Å²) in [6.45, 7) is 0. The van der Waals surface area contributed by atoms with E-state index in [0.29, 0.717) is 11.3 Å². The highest BCUT2D eigenvalue weighted by molar-refractivity contribution is 5.93. The van der Waals surface area contributed by atoms with E-state index in [1.807, 2.05) is 0 Å². The van der Waals surface area contributed by atoms with E-state index in [1.165, 1.54) is 19.2 Å². The van der Waals surface area contributed by atoms with Crippen LogP contribution in [0, 0.1) is 5.92 Å². The first-order chi connectivity index (χ1) is 12.7. The van der Waals surface area contributed by atoms with Crippen LogP contribution in [0.4, 0.5) is 18.9 Å². The molecule has 144 valence electrons. The van der Waals surface area contributed by atoms with Crippen molar-refractivity contribution in [2.75, 3.05) is 12.4 Å². The van der Waals surface area contributed by atoms with Gasteiger partial charge >= 0.3 is 12.1 Å². The van der Waals surface area contributed by atoms with Gasteiger partial charge in [0.15, 0.2) is 0 Å². The third-order valence-corrected chi connectivity index (χ3v) is 3.90. The Bertz CT molecular complexity index is 803. The average Bonchev–Trinajstić information content (AvgIpc) is 2.61. The molecule has 5 nitrogen and oxygen atoms in total. The molecule has 0 heterocycles. The number of aliphatic carboxylic acids is 1. The Hall–Kier alpha value is -3.03. The summed E-state index contributed by atoms with van der Waals surface area (Å²) in [5, 5.41) is 11.7. The van der Waals surface area contributed by atoms with Crippen molar-refractivity contribution in [2.24, 2.45) is 5.92 Å². The van der Waals surface area contributed by atoms with E-state index in [1.54, 1.807) is 24.3 Å². The second-order valence-electron chi connectivity index (χ2n) is 5.92. The first-order valence-corrected chi connectivity index (χ1v) is 8.02. The second kappa shape index (κ2) is 8.57. The zero-order valence-corrected chi connectivity index (χ0v) is 14.4. The lowest BCUT2D eigenvalue weighted by molar-refractivity contribution is -0.143. The number of hydrogen-bond acceptors (Lipinski definition) is 3. The molecular weight excluding hydrogens is 363 g/mol. The van der Waals surface area contributed by atoms with Gasteiger partial charge in [-0.15, -0.1) is 0 Å². The summed E-state index contributed by atoms with van der Waals surface area (Å²) in [5.41, 5.74) is -0.230. The smallest absolute Gasteiger partial charge is 0.416 e. The minimum absolute atomic E-state index is 0.0385. The molecular formula is C19H18F3NO4. The normalized spacial score (nSPS) is 12.3. The standard InChI is InChI=1S/C19H18F3NO4/c1-27-16-7-5-12(6-8-16)9-13(18(25)26)10-17(24)23-15-4-2-3-14(11-15)19(20,21)22/h2-8,11,13H,9-10H2,1H3,(H,23,24)(H,25,26)/t13-/m0/s1. The summed E-state index contributed by atoms with van der Waals surface area (Å²) in [6.07, 6.45) is -4.79. The molecule has 0 saturated carbocycles. The monoisotopic (exact) mass is 381 g/mol.